The number of nitrogens with one attached hydrogen (secondary N) is 1. The Morgan fingerprint density at radius 3 is 2.15 bits per heavy atom. The fourth-order valence-electron chi connectivity index (χ4n) is 3.43. The summed E-state index contributed by atoms with van der Waals surface area (Å²) in [5.74, 6) is 0.724. The molecule has 1 fully saturated rings. The minimum Gasteiger partial charge on any atom is -0.376 e. The largest absolute Gasteiger partial charge is 0.376 e. The maximum atomic E-state index is 5.83. The Morgan fingerprint density at radius 2 is 1.62 bits per heavy atom. The first-order valence-corrected chi connectivity index (χ1v) is 10.3. The first kappa shape index (κ1) is 21.4. The monoisotopic (exact) mass is 360 g/mol. The van der Waals surface area contributed by atoms with Crippen LogP contribution in [0, 0.1) is 0 Å². The zero-order valence-corrected chi connectivity index (χ0v) is 17.9. The van der Waals surface area contributed by atoms with Gasteiger partial charge in [0.15, 0.2) is 0 Å². The number of likely N-dealkylation sites (tertiary alicyclic amines) is 1. The van der Waals surface area contributed by atoms with Gasteiger partial charge in [0.25, 0.3) is 0 Å². The average Bonchev–Trinajstić information content (AvgIpc) is 2.57. The van der Waals surface area contributed by atoms with Crippen LogP contribution in [-0.2, 0) is 11.3 Å². The Hall–Kier alpha value is -0.900. The van der Waals surface area contributed by atoms with E-state index in [4.69, 9.17) is 4.74 Å². The summed E-state index contributed by atoms with van der Waals surface area (Å²) >= 11 is 0. The maximum Gasteiger partial charge on any atom is 0.0598 e. The molecule has 0 aliphatic carbocycles. The van der Waals surface area contributed by atoms with Crippen molar-refractivity contribution in [1.29, 1.82) is 0 Å². The van der Waals surface area contributed by atoms with E-state index in [9.17, 15) is 0 Å². The van der Waals surface area contributed by atoms with Crippen molar-refractivity contribution in [2.24, 2.45) is 0 Å². The number of hydrogen-bond acceptors (Lipinski definition) is 3. The van der Waals surface area contributed by atoms with Gasteiger partial charge < -0.3 is 15.0 Å². The van der Waals surface area contributed by atoms with E-state index < -0.39 is 0 Å². The maximum absolute atomic E-state index is 5.83. The number of nitrogens with zero attached hydrogens (tertiary/aromatic N) is 1. The highest BCUT2D eigenvalue weighted by molar-refractivity contribution is 5.26. The molecular formula is C23H40N2O. The molecule has 1 N–H and O–H groups in total. The summed E-state index contributed by atoms with van der Waals surface area (Å²) in [5, 5.41) is 3.56. The lowest BCUT2D eigenvalue weighted by atomic mass is 9.89. The van der Waals surface area contributed by atoms with Gasteiger partial charge in [0.05, 0.1) is 5.60 Å². The van der Waals surface area contributed by atoms with Crippen molar-refractivity contribution in [3.8, 4) is 0 Å². The summed E-state index contributed by atoms with van der Waals surface area (Å²) in [4.78, 5) is 2.60. The smallest absolute Gasteiger partial charge is 0.0598 e. The zero-order chi connectivity index (χ0) is 19.2. The molecule has 1 aromatic carbocycles. The van der Waals surface area contributed by atoms with E-state index in [2.05, 4.69) is 76.0 Å². The van der Waals surface area contributed by atoms with Crippen LogP contribution in [0.5, 0.6) is 0 Å². The standard InChI is InChI=1S/C23H40N2O/c1-22(2,3)24-18-19-8-10-20(11-9-19)21-12-15-25(16-13-21)14-7-17-26-23(4,5)6/h8-11,21,24H,7,12-18H2,1-6H3. The Labute approximate surface area is 161 Å². The van der Waals surface area contributed by atoms with Crippen molar-refractivity contribution in [2.45, 2.75) is 84.4 Å². The number of hydrogen-bond donors (Lipinski definition) is 1. The minimum atomic E-state index is -0.0123. The average molecular weight is 361 g/mol. The Kier molecular flexibility index (Phi) is 7.69. The van der Waals surface area contributed by atoms with E-state index in [0.29, 0.717) is 0 Å². The minimum absolute atomic E-state index is 0.0123. The molecule has 0 atom stereocenters. The van der Waals surface area contributed by atoms with E-state index in [-0.39, 0.29) is 11.1 Å². The van der Waals surface area contributed by atoms with E-state index in [1.54, 1.807) is 0 Å². The lowest BCUT2D eigenvalue weighted by Gasteiger charge is -2.32. The number of piperidine rings is 1. The van der Waals surface area contributed by atoms with Crippen molar-refractivity contribution in [1.82, 2.24) is 10.2 Å². The van der Waals surface area contributed by atoms with Crippen LogP contribution in [0.1, 0.15) is 77.8 Å². The Bertz CT molecular complexity index is 517. The van der Waals surface area contributed by atoms with Gasteiger partial charge in [-0.05, 0) is 90.9 Å². The van der Waals surface area contributed by atoms with Gasteiger partial charge in [0.2, 0.25) is 0 Å². The first-order chi connectivity index (χ1) is 12.1. The van der Waals surface area contributed by atoms with Crippen LogP contribution in [0.15, 0.2) is 24.3 Å². The van der Waals surface area contributed by atoms with Gasteiger partial charge in [-0.2, -0.15) is 0 Å². The predicted octanol–water partition coefficient (Wildman–Crippen LogP) is 4.96. The highest BCUT2D eigenvalue weighted by atomic mass is 16.5. The Morgan fingerprint density at radius 1 is 1.00 bits per heavy atom. The molecule has 0 radical (unpaired) electrons. The molecule has 1 aromatic rings. The second-order valence-corrected chi connectivity index (χ2v) is 9.78. The van der Waals surface area contributed by atoms with Crippen molar-refractivity contribution < 1.29 is 4.74 Å². The quantitative estimate of drug-likeness (QED) is 0.696. The number of ether oxygens (including phenoxy) is 1. The molecule has 26 heavy (non-hydrogen) atoms. The molecule has 0 spiro atoms. The van der Waals surface area contributed by atoms with Crippen LogP contribution in [0.2, 0.25) is 0 Å². The van der Waals surface area contributed by atoms with Gasteiger partial charge in [-0.15, -0.1) is 0 Å². The van der Waals surface area contributed by atoms with E-state index in [1.165, 1.54) is 43.6 Å². The van der Waals surface area contributed by atoms with Gasteiger partial charge in [-0.1, -0.05) is 24.3 Å². The third kappa shape index (κ3) is 8.20. The highest BCUT2D eigenvalue weighted by Gasteiger charge is 2.20. The van der Waals surface area contributed by atoms with Crippen molar-refractivity contribution >= 4 is 0 Å². The summed E-state index contributed by atoms with van der Waals surface area (Å²) in [5.41, 5.74) is 3.05. The third-order valence-corrected chi connectivity index (χ3v) is 5.02. The predicted molar refractivity (Wildman–Crippen MR) is 112 cm³/mol. The Balaban J connectivity index is 1.70. The summed E-state index contributed by atoms with van der Waals surface area (Å²) in [6, 6.07) is 9.28. The molecule has 0 amide bonds. The van der Waals surface area contributed by atoms with Crippen LogP contribution in [0.3, 0.4) is 0 Å². The fraction of sp³-hybridized carbons (Fsp3) is 0.739. The topological polar surface area (TPSA) is 24.5 Å². The van der Waals surface area contributed by atoms with E-state index in [1.807, 2.05) is 0 Å². The van der Waals surface area contributed by atoms with Crippen LogP contribution >= 0.6 is 0 Å². The van der Waals surface area contributed by atoms with Crippen LogP contribution in [0.25, 0.3) is 0 Å². The van der Waals surface area contributed by atoms with Crippen LogP contribution in [-0.4, -0.2) is 42.3 Å². The van der Waals surface area contributed by atoms with Gasteiger partial charge in [-0.25, -0.2) is 0 Å². The van der Waals surface area contributed by atoms with Crippen LogP contribution in [0.4, 0.5) is 0 Å². The molecule has 1 saturated heterocycles. The summed E-state index contributed by atoms with van der Waals surface area (Å²) < 4.78 is 5.83. The SMILES string of the molecule is CC(C)(C)NCc1ccc(C2CCN(CCCOC(C)(C)C)CC2)cc1. The number of benzene rings is 1. The molecule has 3 nitrogen and oxygen atoms in total. The molecule has 3 heteroatoms. The molecule has 0 bridgehead atoms. The summed E-state index contributed by atoms with van der Waals surface area (Å²) in [6.07, 6.45) is 3.69. The molecule has 0 aromatic heterocycles. The second kappa shape index (κ2) is 9.34. The fourth-order valence-corrected chi connectivity index (χ4v) is 3.43. The van der Waals surface area contributed by atoms with E-state index >= 15 is 0 Å². The zero-order valence-electron chi connectivity index (χ0n) is 17.9. The first-order valence-electron chi connectivity index (χ1n) is 10.3. The second-order valence-electron chi connectivity index (χ2n) is 9.78. The number of rotatable bonds is 7. The van der Waals surface area contributed by atoms with Crippen molar-refractivity contribution in [3.63, 3.8) is 0 Å². The van der Waals surface area contributed by atoms with Gasteiger partial charge >= 0.3 is 0 Å². The van der Waals surface area contributed by atoms with Gasteiger partial charge in [0.1, 0.15) is 0 Å². The van der Waals surface area contributed by atoms with Crippen molar-refractivity contribution in [3.05, 3.63) is 35.4 Å². The third-order valence-electron chi connectivity index (χ3n) is 5.02. The molecule has 148 valence electrons. The highest BCUT2D eigenvalue weighted by Crippen LogP contribution is 2.28. The molecule has 1 aliphatic heterocycles. The molecule has 1 heterocycles. The summed E-state index contributed by atoms with van der Waals surface area (Å²) in [7, 11) is 0. The lowest BCUT2D eigenvalue weighted by molar-refractivity contribution is -0.00752. The normalized spacial score (nSPS) is 17.6. The molecule has 2 rings (SSSR count). The molecule has 1 aliphatic rings. The van der Waals surface area contributed by atoms with Crippen molar-refractivity contribution in [2.75, 3.05) is 26.2 Å². The van der Waals surface area contributed by atoms with Gasteiger partial charge in [0, 0.05) is 25.2 Å². The molecular weight excluding hydrogens is 320 g/mol. The van der Waals surface area contributed by atoms with Gasteiger partial charge in [-0.3, -0.25) is 0 Å². The lowest BCUT2D eigenvalue weighted by Crippen LogP contribution is -2.35. The molecule has 0 saturated carbocycles. The summed E-state index contributed by atoms with van der Waals surface area (Å²) in [6.45, 7) is 18.4. The van der Waals surface area contributed by atoms with E-state index in [0.717, 1.165) is 25.5 Å². The molecule has 0 unspecified atom stereocenters. The van der Waals surface area contributed by atoms with Crippen LogP contribution < -0.4 is 5.32 Å².